The molecule has 1 atom stereocenters. The Hall–Kier alpha value is -2.08. The Bertz CT molecular complexity index is 632. The second-order valence-corrected chi connectivity index (χ2v) is 7.33. The van der Waals surface area contributed by atoms with Crippen molar-refractivity contribution in [3.8, 4) is 0 Å². The maximum absolute atomic E-state index is 12.4. The molecule has 0 bridgehead atoms. The average Bonchev–Trinajstić information content (AvgIpc) is 2.68. The molecule has 1 saturated heterocycles. The summed E-state index contributed by atoms with van der Waals surface area (Å²) in [4.78, 5) is 28.6. The first-order chi connectivity index (χ1) is 12.7. The number of hydrogen-bond acceptors (Lipinski definition) is 3. The maximum Gasteiger partial charge on any atom is 0.317 e. The molecule has 0 aromatic heterocycles. The minimum absolute atomic E-state index is 0.0704. The second kappa shape index (κ2) is 9.03. The van der Waals surface area contributed by atoms with Crippen molar-refractivity contribution in [2.24, 2.45) is 5.92 Å². The number of urea groups is 1. The maximum atomic E-state index is 12.4. The summed E-state index contributed by atoms with van der Waals surface area (Å²) in [6.45, 7) is 4.41. The monoisotopic (exact) mass is 358 g/mol. The van der Waals surface area contributed by atoms with E-state index < -0.39 is 0 Å². The molecular formula is C20H30N4O2. The molecule has 6 heteroatoms. The highest BCUT2D eigenvalue weighted by atomic mass is 16.2. The summed E-state index contributed by atoms with van der Waals surface area (Å²) in [5, 5.41) is 6.11. The fourth-order valence-corrected chi connectivity index (χ4v) is 3.96. The topological polar surface area (TPSA) is 64.7 Å². The van der Waals surface area contributed by atoms with Crippen LogP contribution in [0.3, 0.4) is 0 Å². The molecule has 0 aliphatic carbocycles. The number of piperidine rings is 1. The van der Waals surface area contributed by atoms with Crippen molar-refractivity contribution in [1.29, 1.82) is 0 Å². The molecule has 1 fully saturated rings. The van der Waals surface area contributed by atoms with Crippen molar-refractivity contribution in [2.45, 2.75) is 32.2 Å². The zero-order valence-corrected chi connectivity index (χ0v) is 15.7. The first-order valence-corrected chi connectivity index (χ1v) is 9.69. The zero-order valence-electron chi connectivity index (χ0n) is 15.7. The van der Waals surface area contributed by atoms with Gasteiger partial charge in [-0.25, -0.2) is 4.79 Å². The van der Waals surface area contributed by atoms with Crippen LogP contribution in [0.15, 0.2) is 24.3 Å². The summed E-state index contributed by atoms with van der Waals surface area (Å²) in [5.74, 6) is 0.691. The van der Waals surface area contributed by atoms with Crippen molar-refractivity contribution < 1.29 is 9.59 Å². The highest BCUT2D eigenvalue weighted by Gasteiger charge is 2.24. The molecule has 26 heavy (non-hydrogen) atoms. The quantitative estimate of drug-likeness (QED) is 0.840. The van der Waals surface area contributed by atoms with E-state index >= 15 is 0 Å². The highest BCUT2D eigenvalue weighted by Crippen LogP contribution is 2.18. The zero-order chi connectivity index (χ0) is 18.4. The van der Waals surface area contributed by atoms with Gasteiger partial charge in [0, 0.05) is 39.1 Å². The minimum atomic E-state index is -0.0704. The number of hydrogen-bond donors (Lipinski definition) is 2. The molecule has 0 radical (unpaired) electrons. The third kappa shape index (κ3) is 4.75. The molecule has 1 unspecified atom stereocenters. The van der Waals surface area contributed by atoms with Crippen LogP contribution in [0.2, 0.25) is 0 Å². The summed E-state index contributed by atoms with van der Waals surface area (Å²) in [5.41, 5.74) is 2.54. The summed E-state index contributed by atoms with van der Waals surface area (Å²) in [7, 11) is 1.95. The third-order valence-electron chi connectivity index (χ3n) is 5.40. The van der Waals surface area contributed by atoms with Gasteiger partial charge in [0.2, 0.25) is 5.91 Å². The first kappa shape index (κ1) is 18.7. The Morgan fingerprint density at radius 3 is 2.77 bits per heavy atom. The van der Waals surface area contributed by atoms with E-state index in [1.54, 1.807) is 0 Å². The van der Waals surface area contributed by atoms with Gasteiger partial charge in [0.05, 0.1) is 0 Å². The predicted molar refractivity (Wildman–Crippen MR) is 102 cm³/mol. The van der Waals surface area contributed by atoms with E-state index in [1.165, 1.54) is 17.5 Å². The normalized spacial score (nSPS) is 19.8. The lowest BCUT2D eigenvalue weighted by molar-refractivity contribution is -0.132. The molecule has 2 N–H and O–H groups in total. The molecule has 0 spiro atoms. The van der Waals surface area contributed by atoms with Gasteiger partial charge in [0.15, 0.2) is 0 Å². The van der Waals surface area contributed by atoms with Gasteiger partial charge in [-0.15, -0.1) is 0 Å². The van der Waals surface area contributed by atoms with Gasteiger partial charge in [-0.1, -0.05) is 24.3 Å². The Morgan fingerprint density at radius 1 is 1.15 bits per heavy atom. The van der Waals surface area contributed by atoms with Crippen molar-refractivity contribution in [2.75, 3.05) is 39.8 Å². The molecule has 6 nitrogen and oxygen atoms in total. The molecule has 2 heterocycles. The van der Waals surface area contributed by atoms with E-state index in [2.05, 4.69) is 22.8 Å². The molecule has 1 aromatic rings. The van der Waals surface area contributed by atoms with Crippen LogP contribution in [0.1, 0.15) is 30.4 Å². The van der Waals surface area contributed by atoms with Crippen molar-refractivity contribution in [1.82, 2.24) is 20.4 Å². The fourth-order valence-electron chi connectivity index (χ4n) is 3.96. The molecule has 2 aliphatic heterocycles. The van der Waals surface area contributed by atoms with E-state index in [0.717, 1.165) is 39.0 Å². The predicted octanol–water partition coefficient (Wildman–Crippen LogP) is 1.60. The van der Waals surface area contributed by atoms with Gasteiger partial charge in [0.1, 0.15) is 0 Å². The van der Waals surface area contributed by atoms with Crippen LogP contribution >= 0.6 is 0 Å². The average molecular weight is 358 g/mol. The van der Waals surface area contributed by atoms with Gasteiger partial charge >= 0.3 is 6.03 Å². The number of fused-ring (bicyclic) bond motifs is 1. The van der Waals surface area contributed by atoms with Crippen LogP contribution in [-0.4, -0.2) is 61.5 Å². The number of benzene rings is 1. The Kier molecular flexibility index (Phi) is 6.50. The third-order valence-corrected chi connectivity index (χ3v) is 5.40. The van der Waals surface area contributed by atoms with Crippen molar-refractivity contribution in [3.05, 3.63) is 35.4 Å². The van der Waals surface area contributed by atoms with Gasteiger partial charge in [-0.05, 0) is 49.9 Å². The summed E-state index contributed by atoms with van der Waals surface area (Å²) < 4.78 is 0. The standard InChI is InChI=1S/C20H30N4O2/c1-21-13-16-5-4-11-23(14-16)19(25)8-10-22-20(26)24-12-9-17-6-2-3-7-18(17)15-24/h2-3,6-7,16,21H,4-5,8-15H2,1H3,(H,22,26). The van der Waals surface area contributed by atoms with E-state index in [4.69, 9.17) is 0 Å². The second-order valence-electron chi connectivity index (χ2n) is 7.33. The van der Waals surface area contributed by atoms with Crippen LogP contribution in [0.5, 0.6) is 0 Å². The number of amides is 3. The number of carbonyl (C=O) groups is 2. The fraction of sp³-hybridized carbons (Fsp3) is 0.600. The SMILES string of the molecule is CNCC1CCCN(C(=O)CCNC(=O)N2CCc3ccccc3C2)C1. The van der Waals surface area contributed by atoms with Gasteiger partial charge in [-0.3, -0.25) is 4.79 Å². The van der Waals surface area contributed by atoms with Crippen LogP contribution in [0.4, 0.5) is 4.79 Å². The molecule has 3 rings (SSSR count). The molecule has 0 saturated carbocycles. The van der Waals surface area contributed by atoms with Gasteiger partial charge in [0.25, 0.3) is 0 Å². The summed E-state index contributed by atoms with van der Waals surface area (Å²) >= 11 is 0. The molecule has 2 aliphatic rings. The largest absolute Gasteiger partial charge is 0.342 e. The van der Waals surface area contributed by atoms with Gasteiger partial charge < -0.3 is 20.4 Å². The Labute approximate surface area is 155 Å². The number of carbonyl (C=O) groups excluding carboxylic acids is 2. The lowest BCUT2D eigenvalue weighted by Crippen LogP contribution is -2.45. The van der Waals surface area contributed by atoms with E-state index in [1.807, 2.05) is 29.0 Å². The van der Waals surface area contributed by atoms with Crippen molar-refractivity contribution >= 4 is 11.9 Å². The molecule has 142 valence electrons. The summed E-state index contributed by atoms with van der Waals surface area (Å²) in [6, 6.07) is 8.19. The number of nitrogens with one attached hydrogen (secondary N) is 2. The Morgan fingerprint density at radius 2 is 1.96 bits per heavy atom. The molecular weight excluding hydrogens is 328 g/mol. The number of likely N-dealkylation sites (tertiary alicyclic amines) is 1. The first-order valence-electron chi connectivity index (χ1n) is 9.69. The highest BCUT2D eigenvalue weighted by molar-refractivity contribution is 5.78. The minimum Gasteiger partial charge on any atom is -0.342 e. The van der Waals surface area contributed by atoms with Crippen LogP contribution in [-0.2, 0) is 17.8 Å². The van der Waals surface area contributed by atoms with Crippen LogP contribution < -0.4 is 10.6 Å². The van der Waals surface area contributed by atoms with Gasteiger partial charge in [-0.2, -0.15) is 0 Å². The van der Waals surface area contributed by atoms with E-state index in [0.29, 0.717) is 25.4 Å². The van der Waals surface area contributed by atoms with Crippen LogP contribution in [0, 0.1) is 5.92 Å². The van der Waals surface area contributed by atoms with E-state index in [-0.39, 0.29) is 11.9 Å². The van der Waals surface area contributed by atoms with Crippen LogP contribution in [0.25, 0.3) is 0 Å². The Balaban J connectivity index is 1.40. The molecule has 1 aromatic carbocycles. The summed E-state index contributed by atoms with van der Waals surface area (Å²) in [6.07, 6.45) is 3.51. The number of nitrogens with zero attached hydrogens (tertiary/aromatic N) is 2. The smallest absolute Gasteiger partial charge is 0.317 e. The molecule has 3 amide bonds. The lowest BCUT2D eigenvalue weighted by atomic mass is 9.98. The lowest BCUT2D eigenvalue weighted by Gasteiger charge is -2.33. The van der Waals surface area contributed by atoms with E-state index in [9.17, 15) is 9.59 Å². The number of rotatable bonds is 5. The van der Waals surface area contributed by atoms with Crippen molar-refractivity contribution in [3.63, 3.8) is 0 Å².